The van der Waals surface area contributed by atoms with Crippen LogP contribution in [0.15, 0.2) is 17.0 Å². The fourth-order valence-electron chi connectivity index (χ4n) is 2.55. The van der Waals surface area contributed by atoms with Gasteiger partial charge in [0.25, 0.3) is 0 Å². The van der Waals surface area contributed by atoms with Gasteiger partial charge in [0.15, 0.2) is 0 Å². The zero-order valence-corrected chi connectivity index (χ0v) is 16.3. The molecule has 0 saturated heterocycles. The van der Waals surface area contributed by atoms with Gasteiger partial charge in [-0.05, 0) is 34.4 Å². The molecule has 0 fully saturated rings. The van der Waals surface area contributed by atoms with Gasteiger partial charge in [0.2, 0.25) is 10.0 Å². The van der Waals surface area contributed by atoms with E-state index in [1.54, 1.807) is 7.11 Å². The minimum Gasteiger partial charge on any atom is -0.383 e. The zero-order valence-electron chi connectivity index (χ0n) is 15.4. The number of hydrogen-bond donors (Lipinski definition) is 1. The summed E-state index contributed by atoms with van der Waals surface area (Å²) in [4.78, 5) is 0.447. The van der Waals surface area contributed by atoms with Crippen molar-refractivity contribution in [2.45, 2.75) is 64.2 Å². The molecule has 132 valence electrons. The van der Waals surface area contributed by atoms with E-state index in [0.717, 1.165) is 11.1 Å². The molecule has 0 aliphatic heterocycles. The highest BCUT2D eigenvalue weighted by atomic mass is 32.2. The Kier molecular flexibility index (Phi) is 7.24. The third kappa shape index (κ3) is 5.03. The summed E-state index contributed by atoms with van der Waals surface area (Å²) in [7, 11) is -2.00. The van der Waals surface area contributed by atoms with Gasteiger partial charge in [-0.3, -0.25) is 0 Å². The maximum atomic E-state index is 12.9. The standard InChI is InChI=1S/C18H31NO3S/c1-12(2)15-10-16(13(3)4)18(17(11-15)14(5)6)23(20,21)19-8-9-22-7/h10-14,19H,8-9H2,1-7H3. The molecule has 1 aromatic carbocycles. The Morgan fingerprint density at radius 1 is 0.957 bits per heavy atom. The van der Waals surface area contributed by atoms with Crippen molar-refractivity contribution in [1.29, 1.82) is 0 Å². The molecule has 0 amide bonds. The predicted octanol–water partition coefficient (Wildman–Crippen LogP) is 3.98. The lowest BCUT2D eigenvalue weighted by Gasteiger charge is -2.23. The normalized spacial score (nSPS) is 12.6. The van der Waals surface area contributed by atoms with Crippen molar-refractivity contribution < 1.29 is 13.2 Å². The van der Waals surface area contributed by atoms with Crippen LogP contribution in [0.5, 0.6) is 0 Å². The van der Waals surface area contributed by atoms with E-state index in [2.05, 4.69) is 18.6 Å². The van der Waals surface area contributed by atoms with Crippen LogP contribution in [0, 0.1) is 0 Å². The average molecular weight is 342 g/mol. The number of methoxy groups -OCH3 is 1. The van der Waals surface area contributed by atoms with E-state index in [0.29, 0.717) is 17.4 Å². The summed E-state index contributed by atoms with van der Waals surface area (Å²) >= 11 is 0. The summed E-state index contributed by atoms with van der Waals surface area (Å²) in [6.45, 7) is 13.1. The fourth-order valence-corrected chi connectivity index (χ4v) is 4.26. The van der Waals surface area contributed by atoms with Crippen LogP contribution in [0.25, 0.3) is 0 Å². The average Bonchev–Trinajstić information content (AvgIpc) is 2.45. The molecule has 0 aliphatic rings. The summed E-state index contributed by atoms with van der Waals surface area (Å²) in [6, 6.07) is 4.10. The largest absolute Gasteiger partial charge is 0.383 e. The Morgan fingerprint density at radius 3 is 1.78 bits per heavy atom. The minimum atomic E-state index is -3.56. The zero-order chi connectivity index (χ0) is 17.8. The summed E-state index contributed by atoms with van der Waals surface area (Å²) < 4.78 is 33.4. The molecule has 1 N–H and O–H groups in total. The minimum absolute atomic E-state index is 0.139. The van der Waals surface area contributed by atoms with Gasteiger partial charge >= 0.3 is 0 Å². The smallest absolute Gasteiger partial charge is 0.241 e. The highest BCUT2D eigenvalue weighted by Gasteiger charge is 2.26. The molecule has 0 radical (unpaired) electrons. The number of ether oxygens (including phenoxy) is 1. The Morgan fingerprint density at radius 2 is 1.43 bits per heavy atom. The van der Waals surface area contributed by atoms with Gasteiger partial charge in [0.05, 0.1) is 11.5 Å². The molecule has 0 heterocycles. The van der Waals surface area contributed by atoms with Crippen molar-refractivity contribution in [1.82, 2.24) is 4.72 Å². The van der Waals surface area contributed by atoms with Crippen LogP contribution in [-0.2, 0) is 14.8 Å². The summed E-state index contributed by atoms with van der Waals surface area (Å²) in [6.07, 6.45) is 0. The first-order valence-electron chi connectivity index (χ1n) is 8.28. The van der Waals surface area contributed by atoms with Crippen molar-refractivity contribution in [3.8, 4) is 0 Å². The fraction of sp³-hybridized carbons (Fsp3) is 0.667. The van der Waals surface area contributed by atoms with Gasteiger partial charge in [-0.25, -0.2) is 13.1 Å². The van der Waals surface area contributed by atoms with E-state index in [1.165, 1.54) is 5.56 Å². The van der Waals surface area contributed by atoms with E-state index in [1.807, 2.05) is 39.8 Å². The van der Waals surface area contributed by atoms with Crippen LogP contribution in [-0.4, -0.2) is 28.7 Å². The Bertz CT molecular complexity index is 590. The molecule has 0 bridgehead atoms. The van der Waals surface area contributed by atoms with E-state index in [4.69, 9.17) is 4.74 Å². The molecule has 0 spiro atoms. The summed E-state index contributed by atoms with van der Waals surface area (Å²) in [5.74, 6) is 0.642. The number of benzene rings is 1. The van der Waals surface area contributed by atoms with Crippen molar-refractivity contribution in [2.75, 3.05) is 20.3 Å². The Hall–Kier alpha value is -0.910. The van der Waals surface area contributed by atoms with Gasteiger partial charge in [-0.1, -0.05) is 53.7 Å². The van der Waals surface area contributed by atoms with Gasteiger partial charge in [0, 0.05) is 13.7 Å². The molecule has 0 unspecified atom stereocenters. The third-order valence-corrected chi connectivity index (χ3v) is 5.54. The molecule has 1 aromatic rings. The number of rotatable bonds is 8. The first kappa shape index (κ1) is 20.1. The van der Waals surface area contributed by atoms with Crippen molar-refractivity contribution in [3.05, 3.63) is 28.8 Å². The predicted molar refractivity (Wildman–Crippen MR) is 95.8 cm³/mol. The molecule has 5 heteroatoms. The number of nitrogens with one attached hydrogen (secondary N) is 1. The van der Waals surface area contributed by atoms with E-state index in [9.17, 15) is 8.42 Å². The maximum Gasteiger partial charge on any atom is 0.241 e. The Labute approximate surface area is 141 Å². The van der Waals surface area contributed by atoms with Crippen molar-refractivity contribution in [2.24, 2.45) is 0 Å². The van der Waals surface area contributed by atoms with Crippen LogP contribution in [0.4, 0.5) is 0 Å². The topological polar surface area (TPSA) is 55.4 Å². The Balaban J connectivity index is 3.54. The van der Waals surface area contributed by atoms with Crippen LogP contribution in [0.2, 0.25) is 0 Å². The first-order valence-corrected chi connectivity index (χ1v) is 9.76. The summed E-state index contributed by atoms with van der Waals surface area (Å²) in [5, 5.41) is 0. The van der Waals surface area contributed by atoms with Gasteiger partial charge < -0.3 is 4.74 Å². The van der Waals surface area contributed by atoms with Crippen molar-refractivity contribution >= 4 is 10.0 Å². The summed E-state index contributed by atoms with van der Waals surface area (Å²) in [5.41, 5.74) is 2.97. The second kappa shape index (κ2) is 8.27. The third-order valence-electron chi connectivity index (χ3n) is 3.95. The second-order valence-corrected chi connectivity index (χ2v) is 8.59. The van der Waals surface area contributed by atoms with Crippen molar-refractivity contribution in [3.63, 3.8) is 0 Å². The highest BCUT2D eigenvalue weighted by Crippen LogP contribution is 2.34. The molecule has 0 saturated carbocycles. The van der Waals surface area contributed by atoms with Gasteiger partial charge in [-0.2, -0.15) is 0 Å². The lowest BCUT2D eigenvalue weighted by Crippen LogP contribution is -2.29. The second-order valence-electron chi connectivity index (χ2n) is 6.88. The van der Waals surface area contributed by atoms with Crippen LogP contribution in [0.3, 0.4) is 0 Å². The maximum absolute atomic E-state index is 12.9. The molecular weight excluding hydrogens is 310 g/mol. The van der Waals surface area contributed by atoms with E-state index in [-0.39, 0.29) is 18.4 Å². The molecule has 0 atom stereocenters. The van der Waals surface area contributed by atoms with Crippen LogP contribution >= 0.6 is 0 Å². The monoisotopic (exact) mass is 341 g/mol. The quantitative estimate of drug-likeness (QED) is 0.728. The molecule has 0 aliphatic carbocycles. The lowest BCUT2D eigenvalue weighted by molar-refractivity contribution is 0.204. The molecule has 23 heavy (non-hydrogen) atoms. The van der Waals surface area contributed by atoms with E-state index < -0.39 is 10.0 Å². The van der Waals surface area contributed by atoms with Crippen LogP contribution < -0.4 is 4.72 Å². The highest BCUT2D eigenvalue weighted by molar-refractivity contribution is 7.89. The van der Waals surface area contributed by atoms with Gasteiger partial charge in [0.1, 0.15) is 0 Å². The molecule has 4 nitrogen and oxygen atoms in total. The number of hydrogen-bond acceptors (Lipinski definition) is 3. The number of sulfonamides is 1. The SMILES string of the molecule is COCCNS(=O)(=O)c1c(C(C)C)cc(C(C)C)cc1C(C)C. The molecular formula is C18H31NO3S. The van der Waals surface area contributed by atoms with E-state index >= 15 is 0 Å². The first-order chi connectivity index (χ1) is 10.6. The van der Waals surface area contributed by atoms with Gasteiger partial charge in [-0.15, -0.1) is 0 Å². The van der Waals surface area contributed by atoms with Crippen LogP contribution in [0.1, 0.15) is 76.0 Å². The lowest BCUT2D eigenvalue weighted by atomic mass is 9.89. The molecule has 0 aromatic heterocycles. The molecule has 1 rings (SSSR count).